The second kappa shape index (κ2) is 7.42. The number of rotatable bonds is 7. The molecule has 0 saturated carbocycles. The standard InChI is InChI=1S/C19H32N2/c1-5-16-9-11-17(12-10-16)15-18(20-4)19(3,6-2)21-13-7-8-14-21/h9-12,18,20H,5-8,13-15H2,1-4H3. The zero-order valence-corrected chi connectivity index (χ0v) is 14.3. The summed E-state index contributed by atoms with van der Waals surface area (Å²) in [5.74, 6) is 0. The van der Waals surface area contributed by atoms with Gasteiger partial charge in [-0.15, -0.1) is 0 Å². The molecular weight excluding hydrogens is 256 g/mol. The number of likely N-dealkylation sites (N-methyl/N-ethyl adjacent to an activating group) is 1. The molecule has 1 saturated heterocycles. The average Bonchev–Trinajstić information content (AvgIpc) is 3.07. The van der Waals surface area contributed by atoms with E-state index in [9.17, 15) is 0 Å². The first-order valence-electron chi connectivity index (χ1n) is 8.64. The van der Waals surface area contributed by atoms with Crippen LogP contribution in [0.25, 0.3) is 0 Å². The van der Waals surface area contributed by atoms with Gasteiger partial charge in [0.25, 0.3) is 0 Å². The average molecular weight is 288 g/mol. The number of likely N-dealkylation sites (tertiary alicyclic amines) is 1. The summed E-state index contributed by atoms with van der Waals surface area (Å²) in [6, 6.07) is 9.68. The third-order valence-electron chi connectivity index (χ3n) is 5.51. The Hall–Kier alpha value is -0.860. The van der Waals surface area contributed by atoms with E-state index in [-0.39, 0.29) is 5.54 Å². The van der Waals surface area contributed by atoms with E-state index < -0.39 is 0 Å². The molecule has 1 aliphatic heterocycles. The molecule has 21 heavy (non-hydrogen) atoms. The highest BCUT2D eigenvalue weighted by molar-refractivity contribution is 5.24. The van der Waals surface area contributed by atoms with Crippen LogP contribution in [0.4, 0.5) is 0 Å². The lowest BCUT2D eigenvalue weighted by atomic mass is 9.83. The SMILES string of the molecule is CCc1ccc(CC(NC)C(C)(CC)N2CCCC2)cc1. The van der Waals surface area contributed by atoms with E-state index in [0.29, 0.717) is 6.04 Å². The van der Waals surface area contributed by atoms with Crippen LogP contribution in [-0.2, 0) is 12.8 Å². The van der Waals surface area contributed by atoms with Crippen molar-refractivity contribution in [1.29, 1.82) is 0 Å². The van der Waals surface area contributed by atoms with Crippen molar-refractivity contribution in [1.82, 2.24) is 10.2 Å². The zero-order chi connectivity index (χ0) is 15.3. The maximum Gasteiger partial charge on any atom is 0.0334 e. The second-order valence-electron chi connectivity index (χ2n) is 6.62. The highest BCUT2D eigenvalue weighted by Crippen LogP contribution is 2.29. The second-order valence-corrected chi connectivity index (χ2v) is 6.62. The summed E-state index contributed by atoms with van der Waals surface area (Å²) in [6.07, 6.45) is 6.15. The minimum atomic E-state index is 0.259. The van der Waals surface area contributed by atoms with Gasteiger partial charge in [-0.05, 0) is 70.3 Å². The monoisotopic (exact) mass is 288 g/mol. The van der Waals surface area contributed by atoms with Crippen LogP contribution >= 0.6 is 0 Å². The molecule has 1 aliphatic rings. The fourth-order valence-corrected chi connectivity index (χ4v) is 3.70. The van der Waals surface area contributed by atoms with E-state index in [1.165, 1.54) is 43.5 Å². The molecule has 1 aromatic rings. The molecule has 1 N–H and O–H groups in total. The molecule has 0 spiro atoms. The lowest BCUT2D eigenvalue weighted by Gasteiger charge is -2.44. The van der Waals surface area contributed by atoms with Crippen LogP contribution in [0.2, 0.25) is 0 Å². The Balaban J connectivity index is 2.12. The Morgan fingerprint density at radius 2 is 1.67 bits per heavy atom. The van der Waals surface area contributed by atoms with E-state index in [1.807, 2.05) is 0 Å². The van der Waals surface area contributed by atoms with Crippen molar-refractivity contribution in [3.63, 3.8) is 0 Å². The van der Waals surface area contributed by atoms with Gasteiger partial charge >= 0.3 is 0 Å². The molecule has 1 fully saturated rings. The van der Waals surface area contributed by atoms with Gasteiger partial charge in [0.15, 0.2) is 0 Å². The van der Waals surface area contributed by atoms with Gasteiger partial charge in [0.05, 0.1) is 0 Å². The van der Waals surface area contributed by atoms with Crippen LogP contribution < -0.4 is 5.32 Å². The smallest absolute Gasteiger partial charge is 0.0334 e. The van der Waals surface area contributed by atoms with Crippen molar-refractivity contribution in [2.45, 2.75) is 64.5 Å². The van der Waals surface area contributed by atoms with Gasteiger partial charge < -0.3 is 5.32 Å². The first-order chi connectivity index (χ1) is 10.1. The number of hydrogen-bond acceptors (Lipinski definition) is 2. The summed E-state index contributed by atoms with van der Waals surface area (Å²) in [6.45, 7) is 9.52. The van der Waals surface area contributed by atoms with Crippen LogP contribution in [0.3, 0.4) is 0 Å². The first kappa shape index (κ1) is 16.5. The Morgan fingerprint density at radius 3 is 2.14 bits per heavy atom. The molecule has 2 unspecified atom stereocenters. The molecular formula is C19H32N2. The fraction of sp³-hybridized carbons (Fsp3) is 0.684. The van der Waals surface area contributed by atoms with Gasteiger partial charge in [-0.2, -0.15) is 0 Å². The minimum Gasteiger partial charge on any atom is -0.315 e. The third kappa shape index (κ3) is 3.67. The molecule has 2 rings (SSSR count). The molecule has 2 heteroatoms. The van der Waals surface area contributed by atoms with Gasteiger partial charge in [-0.1, -0.05) is 38.1 Å². The molecule has 1 heterocycles. The summed E-state index contributed by atoms with van der Waals surface area (Å²) in [5.41, 5.74) is 3.14. The van der Waals surface area contributed by atoms with Crippen LogP contribution in [0, 0.1) is 0 Å². The number of nitrogens with one attached hydrogen (secondary N) is 1. The molecule has 0 aromatic heterocycles. The van der Waals surface area contributed by atoms with Crippen molar-refractivity contribution in [2.24, 2.45) is 0 Å². The summed E-state index contributed by atoms with van der Waals surface area (Å²) in [5, 5.41) is 3.61. The van der Waals surface area contributed by atoms with E-state index in [0.717, 1.165) is 12.8 Å². The van der Waals surface area contributed by atoms with E-state index in [2.05, 4.69) is 62.3 Å². The molecule has 0 aliphatic carbocycles. The van der Waals surface area contributed by atoms with E-state index >= 15 is 0 Å². The summed E-state index contributed by atoms with van der Waals surface area (Å²) >= 11 is 0. The molecule has 0 radical (unpaired) electrons. The van der Waals surface area contributed by atoms with Gasteiger partial charge in [0.1, 0.15) is 0 Å². The Kier molecular flexibility index (Phi) is 5.83. The Labute approximate surface area is 130 Å². The maximum absolute atomic E-state index is 3.61. The van der Waals surface area contributed by atoms with Crippen molar-refractivity contribution in [3.05, 3.63) is 35.4 Å². The lowest BCUT2D eigenvalue weighted by Crippen LogP contribution is -2.58. The summed E-state index contributed by atoms with van der Waals surface area (Å²) in [7, 11) is 2.12. The van der Waals surface area contributed by atoms with Gasteiger partial charge in [-0.3, -0.25) is 4.90 Å². The fourth-order valence-electron chi connectivity index (χ4n) is 3.70. The highest BCUT2D eigenvalue weighted by atomic mass is 15.2. The Bertz CT molecular complexity index is 420. The van der Waals surface area contributed by atoms with E-state index in [1.54, 1.807) is 0 Å². The third-order valence-corrected chi connectivity index (χ3v) is 5.51. The van der Waals surface area contributed by atoms with Crippen LogP contribution in [-0.4, -0.2) is 36.6 Å². The topological polar surface area (TPSA) is 15.3 Å². The molecule has 2 nitrogen and oxygen atoms in total. The quantitative estimate of drug-likeness (QED) is 0.824. The van der Waals surface area contributed by atoms with Gasteiger partial charge in [0, 0.05) is 11.6 Å². The number of hydrogen-bond donors (Lipinski definition) is 1. The largest absolute Gasteiger partial charge is 0.315 e. The number of benzene rings is 1. The van der Waals surface area contributed by atoms with Crippen LogP contribution in [0.15, 0.2) is 24.3 Å². The molecule has 118 valence electrons. The lowest BCUT2D eigenvalue weighted by molar-refractivity contribution is 0.0873. The number of nitrogens with zero attached hydrogens (tertiary/aromatic N) is 1. The predicted octanol–water partition coefficient (Wildman–Crippen LogP) is 3.64. The number of aryl methyl sites for hydroxylation is 1. The first-order valence-corrected chi connectivity index (χ1v) is 8.64. The molecule has 0 amide bonds. The van der Waals surface area contributed by atoms with Crippen molar-refractivity contribution < 1.29 is 0 Å². The summed E-state index contributed by atoms with van der Waals surface area (Å²) < 4.78 is 0. The van der Waals surface area contributed by atoms with Gasteiger partial charge in [0.2, 0.25) is 0 Å². The van der Waals surface area contributed by atoms with Crippen molar-refractivity contribution in [3.8, 4) is 0 Å². The predicted molar refractivity (Wildman–Crippen MR) is 91.9 cm³/mol. The normalized spacial score (nSPS) is 20.4. The zero-order valence-electron chi connectivity index (χ0n) is 14.3. The van der Waals surface area contributed by atoms with Crippen molar-refractivity contribution in [2.75, 3.05) is 20.1 Å². The van der Waals surface area contributed by atoms with Crippen molar-refractivity contribution >= 4 is 0 Å². The summed E-state index contributed by atoms with van der Waals surface area (Å²) in [4.78, 5) is 2.70. The minimum absolute atomic E-state index is 0.259. The van der Waals surface area contributed by atoms with Crippen LogP contribution in [0.1, 0.15) is 51.2 Å². The molecule has 1 aromatic carbocycles. The Morgan fingerprint density at radius 1 is 1.10 bits per heavy atom. The maximum atomic E-state index is 3.61. The molecule has 0 bridgehead atoms. The molecule has 2 atom stereocenters. The van der Waals surface area contributed by atoms with Crippen LogP contribution in [0.5, 0.6) is 0 Å². The van der Waals surface area contributed by atoms with E-state index in [4.69, 9.17) is 0 Å². The highest BCUT2D eigenvalue weighted by Gasteiger charge is 2.38. The van der Waals surface area contributed by atoms with Gasteiger partial charge in [-0.25, -0.2) is 0 Å².